The van der Waals surface area contributed by atoms with Crippen LogP contribution in [0.25, 0.3) is 0 Å². The molecule has 0 aromatic carbocycles. The smallest absolute Gasteiger partial charge is 0.328 e. The van der Waals surface area contributed by atoms with E-state index in [0.717, 1.165) is 135 Å². The molecule has 9 heteroatoms. The van der Waals surface area contributed by atoms with Crippen LogP contribution >= 0.6 is 0 Å². The number of ether oxygens (including phenoxy) is 1. The molecule has 0 aliphatic carbocycles. The van der Waals surface area contributed by atoms with Gasteiger partial charge in [-0.1, -0.05) is 156 Å². The van der Waals surface area contributed by atoms with Crippen molar-refractivity contribution in [2.24, 2.45) is 0 Å². The summed E-state index contributed by atoms with van der Waals surface area (Å²) in [5.74, 6) is -2.35. The number of amides is 2. The first-order valence-electron chi connectivity index (χ1n) is 24.1. The van der Waals surface area contributed by atoms with E-state index in [2.05, 4.69) is 122 Å². The standard InChI is InChI=1S/C53H86N2O7/c1-3-5-7-9-11-13-15-17-19-20-21-22-24-26-28-30-32-37-41-45-52(59)62-48(42-38-34-31-29-27-25-23-18-16-14-12-10-8-6-4-2)43-39-35-33-36-40-44-50(57)54-46-51(58)55-49(47-56)53(60)61/h5-8,11-14,17-19,21-23,27,29,48-49,56H,3-4,9-10,15-16,20,24-26,28,30-47H2,1-2H3,(H,54,57)(H,55,58)(H,60,61)/b7-5-,8-6-,13-11-,14-12-,19-17-,22-21-,23-18-,29-27-. The van der Waals surface area contributed by atoms with Crippen molar-refractivity contribution in [2.45, 2.75) is 199 Å². The Morgan fingerprint density at radius 1 is 0.484 bits per heavy atom. The summed E-state index contributed by atoms with van der Waals surface area (Å²) in [4.78, 5) is 47.8. The number of aliphatic hydroxyl groups excluding tert-OH is 1. The van der Waals surface area contributed by atoms with Gasteiger partial charge in [0.1, 0.15) is 12.1 Å². The number of carbonyl (C=O) groups excluding carboxylic acids is 3. The first-order valence-corrected chi connectivity index (χ1v) is 24.1. The van der Waals surface area contributed by atoms with Crippen LogP contribution in [0, 0.1) is 0 Å². The lowest BCUT2D eigenvalue weighted by Gasteiger charge is -2.18. The average molecular weight is 863 g/mol. The molecule has 0 aliphatic heterocycles. The summed E-state index contributed by atoms with van der Waals surface area (Å²) < 4.78 is 6.03. The molecule has 4 N–H and O–H groups in total. The summed E-state index contributed by atoms with van der Waals surface area (Å²) in [5, 5.41) is 22.6. The van der Waals surface area contributed by atoms with Gasteiger partial charge < -0.3 is 25.6 Å². The van der Waals surface area contributed by atoms with Gasteiger partial charge in [0.2, 0.25) is 11.8 Å². The van der Waals surface area contributed by atoms with Crippen molar-refractivity contribution in [1.29, 1.82) is 0 Å². The number of allylic oxidation sites excluding steroid dienone is 16. The van der Waals surface area contributed by atoms with Crippen LogP contribution in [-0.4, -0.2) is 59.3 Å². The molecule has 2 unspecified atom stereocenters. The van der Waals surface area contributed by atoms with Gasteiger partial charge in [-0.15, -0.1) is 0 Å². The molecule has 0 radical (unpaired) electrons. The first kappa shape index (κ1) is 57.8. The van der Waals surface area contributed by atoms with Crippen LogP contribution in [0.15, 0.2) is 97.2 Å². The Morgan fingerprint density at radius 2 is 0.871 bits per heavy atom. The number of aliphatic carboxylic acids is 1. The lowest BCUT2D eigenvalue weighted by molar-refractivity contribution is -0.150. The maximum Gasteiger partial charge on any atom is 0.328 e. The normalized spacial score (nSPS) is 13.3. The lowest BCUT2D eigenvalue weighted by atomic mass is 10.0. The zero-order valence-electron chi connectivity index (χ0n) is 38.8. The number of rotatable bonds is 42. The second kappa shape index (κ2) is 46.3. The molecule has 2 amide bonds. The van der Waals surface area contributed by atoms with Crippen molar-refractivity contribution < 1.29 is 34.1 Å². The Bertz CT molecular complexity index is 1360. The summed E-state index contributed by atoms with van der Waals surface area (Å²) in [6.45, 7) is 3.24. The van der Waals surface area contributed by atoms with Crippen molar-refractivity contribution in [2.75, 3.05) is 13.2 Å². The van der Waals surface area contributed by atoms with Crippen LogP contribution < -0.4 is 10.6 Å². The predicted octanol–water partition coefficient (Wildman–Crippen LogP) is 12.6. The summed E-state index contributed by atoms with van der Waals surface area (Å²) in [6, 6.07) is -1.39. The fourth-order valence-electron chi connectivity index (χ4n) is 6.46. The van der Waals surface area contributed by atoms with Crippen LogP contribution in [0.5, 0.6) is 0 Å². The van der Waals surface area contributed by atoms with E-state index in [1.54, 1.807) is 0 Å². The monoisotopic (exact) mass is 863 g/mol. The molecule has 0 fully saturated rings. The van der Waals surface area contributed by atoms with E-state index in [-0.39, 0.29) is 30.9 Å². The predicted molar refractivity (Wildman–Crippen MR) is 259 cm³/mol. The van der Waals surface area contributed by atoms with Gasteiger partial charge >= 0.3 is 11.9 Å². The van der Waals surface area contributed by atoms with Gasteiger partial charge in [0.15, 0.2) is 0 Å². The SMILES string of the molecule is CC/C=C\C/C=C\C/C=C\C/C=C\CCCCCCCCC(=O)OC(CCCC/C=C\C/C=C\C/C=C\C/C=C\CC)CCCCCCCC(=O)NCC(=O)NC(CO)C(=O)O. The number of carboxylic acid groups (broad SMARTS) is 1. The molecule has 0 spiro atoms. The second-order valence-corrected chi connectivity index (χ2v) is 15.8. The van der Waals surface area contributed by atoms with Crippen LogP contribution in [0.2, 0.25) is 0 Å². The van der Waals surface area contributed by atoms with E-state index in [1.807, 2.05) is 0 Å². The highest BCUT2D eigenvalue weighted by Gasteiger charge is 2.19. The lowest BCUT2D eigenvalue weighted by Crippen LogP contribution is -2.47. The van der Waals surface area contributed by atoms with E-state index < -0.39 is 24.5 Å². The van der Waals surface area contributed by atoms with E-state index >= 15 is 0 Å². The topological polar surface area (TPSA) is 142 Å². The largest absolute Gasteiger partial charge is 0.480 e. The molecule has 62 heavy (non-hydrogen) atoms. The first-order chi connectivity index (χ1) is 30.3. The molecule has 0 aromatic rings. The van der Waals surface area contributed by atoms with Gasteiger partial charge in [-0.3, -0.25) is 14.4 Å². The third kappa shape index (κ3) is 42.5. The summed E-state index contributed by atoms with van der Waals surface area (Å²) in [7, 11) is 0. The minimum Gasteiger partial charge on any atom is -0.480 e. The van der Waals surface area contributed by atoms with Gasteiger partial charge in [0, 0.05) is 12.8 Å². The molecule has 0 heterocycles. The van der Waals surface area contributed by atoms with Gasteiger partial charge in [0.05, 0.1) is 13.2 Å². The Hall–Kier alpha value is -4.24. The maximum absolute atomic E-state index is 12.9. The number of esters is 1. The number of carbonyl (C=O) groups is 4. The fourth-order valence-corrected chi connectivity index (χ4v) is 6.46. The van der Waals surface area contributed by atoms with Crippen molar-refractivity contribution in [3.8, 4) is 0 Å². The fraction of sp³-hybridized carbons (Fsp3) is 0.623. The number of nitrogens with one attached hydrogen (secondary N) is 2. The Kier molecular flexibility index (Phi) is 43.1. The molecule has 0 aromatic heterocycles. The third-order valence-corrected chi connectivity index (χ3v) is 10.1. The highest BCUT2D eigenvalue weighted by molar-refractivity contribution is 5.87. The zero-order chi connectivity index (χ0) is 45.4. The minimum atomic E-state index is -1.39. The molecule has 0 saturated carbocycles. The number of hydrogen-bond acceptors (Lipinski definition) is 6. The van der Waals surface area contributed by atoms with Crippen LogP contribution in [0.3, 0.4) is 0 Å². The molecular weight excluding hydrogens is 777 g/mol. The van der Waals surface area contributed by atoms with Crippen LogP contribution in [0.4, 0.5) is 0 Å². The number of hydrogen-bond donors (Lipinski definition) is 4. The second-order valence-electron chi connectivity index (χ2n) is 15.8. The molecule has 0 aliphatic rings. The highest BCUT2D eigenvalue weighted by atomic mass is 16.5. The Balaban J connectivity index is 4.45. The molecule has 350 valence electrons. The van der Waals surface area contributed by atoms with Gasteiger partial charge in [-0.05, 0) is 116 Å². The van der Waals surface area contributed by atoms with Gasteiger partial charge in [-0.25, -0.2) is 4.79 Å². The maximum atomic E-state index is 12.9. The van der Waals surface area contributed by atoms with E-state index in [0.29, 0.717) is 12.8 Å². The highest BCUT2D eigenvalue weighted by Crippen LogP contribution is 2.18. The van der Waals surface area contributed by atoms with Crippen LogP contribution in [-0.2, 0) is 23.9 Å². The van der Waals surface area contributed by atoms with Crippen LogP contribution in [0.1, 0.15) is 187 Å². The van der Waals surface area contributed by atoms with Gasteiger partial charge in [0.25, 0.3) is 0 Å². The van der Waals surface area contributed by atoms with E-state index in [1.165, 1.54) is 19.3 Å². The van der Waals surface area contributed by atoms with Crippen molar-refractivity contribution in [3.05, 3.63) is 97.2 Å². The molecule has 0 rings (SSSR count). The van der Waals surface area contributed by atoms with Crippen molar-refractivity contribution in [3.63, 3.8) is 0 Å². The third-order valence-electron chi connectivity index (χ3n) is 10.1. The van der Waals surface area contributed by atoms with Gasteiger partial charge in [-0.2, -0.15) is 0 Å². The Labute approximate surface area is 377 Å². The minimum absolute atomic E-state index is 0.0678. The average Bonchev–Trinajstić information content (AvgIpc) is 3.26. The summed E-state index contributed by atoms with van der Waals surface area (Å²) in [6.07, 6.45) is 61.5. The molecule has 2 atom stereocenters. The Morgan fingerprint density at radius 3 is 1.34 bits per heavy atom. The summed E-state index contributed by atoms with van der Waals surface area (Å²) in [5.41, 5.74) is 0. The van der Waals surface area contributed by atoms with E-state index in [4.69, 9.17) is 14.9 Å². The van der Waals surface area contributed by atoms with Crippen molar-refractivity contribution in [1.82, 2.24) is 10.6 Å². The van der Waals surface area contributed by atoms with Crippen molar-refractivity contribution >= 4 is 23.8 Å². The number of carboxylic acids is 1. The molecule has 9 nitrogen and oxygen atoms in total. The molecule has 0 saturated heterocycles. The summed E-state index contributed by atoms with van der Waals surface area (Å²) >= 11 is 0. The quantitative estimate of drug-likeness (QED) is 0.0272. The number of unbranched alkanes of at least 4 members (excludes halogenated alkanes) is 12. The molecule has 0 bridgehead atoms. The number of aliphatic hydroxyl groups is 1. The molecular formula is C53H86N2O7. The van der Waals surface area contributed by atoms with E-state index in [9.17, 15) is 19.2 Å². The zero-order valence-corrected chi connectivity index (χ0v) is 38.8.